The highest BCUT2D eigenvalue weighted by Crippen LogP contribution is 2.39. The van der Waals surface area contributed by atoms with Crippen molar-refractivity contribution in [1.82, 2.24) is 19.9 Å². The normalized spacial score (nSPS) is 32.2. The number of nitrogens with one attached hydrogen (secondary N) is 2. The van der Waals surface area contributed by atoms with Crippen LogP contribution in [0.3, 0.4) is 0 Å². The van der Waals surface area contributed by atoms with Crippen LogP contribution in [0.5, 0.6) is 0 Å². The Morgan fingerprint density at radius 1 is 0.714 bits per heavy atom. The van der Waals surface area contributed by atoms with Gasteiger partial charge in [0, 0.05) is 13.1 Å². The molecule has 2 aromatic rings. The van der Waals surface area contributed by atoms with E-state index in [4.69, 9.17) is 20.9 Å². The number of nitrogens with zero attached hydrogens (tertiary/aromatic N) is 6. The van der Waals surface area contributed by atoms with Gasteiger partial charge in [0.25, 0.3) is 11.1 Å². The average Bonchev–Trinajstić information content (AvgIpc) is 3.65. The number of nitrogens with two attached hydrogens (primary N) is 2. The largest absolute Gasteiger partial charge is 0.394 e. The van der Waals surface area contributed by atoms with Gasteiger partial charge in [-0.2, -0.15) is 9.97 Å². The summed E-state index contributed by atoms with van der Waals surface area (Å²) in [6.45, 7) is -0.927. The summed E-state index contributed by atoms with van der Waals surface area (Å²) in [7, 11) is 0. The number of aromatic amines is 2. The molecule has 0 spiro atoms. The number of rotatable bonds is 7. The van der Waals surface area contributed by atoms with Gasteiger partial charge in [0.15, 0.2) is 24.1 Å². The summed E-state index contributed by atoms with van der Waals surface area (Å²) in [5, 5.41) is 60.8. The molecule has 20 heteroatoms. The van der Waals surface area contributed by atoms with Crippen LogP contribution in [0.4, 0.5) is 34.9 Å². The zero-order chi connectivity index (χ0) is 30.0. The molecule has 20 nitrogen and oxygen atoms in total. The van der Waals surface area contributed by atoms with Crippen LogP contribution in [-0.4, -0.2) is 139 Å². The third-order valence-corrected chi connectivity index (χ3v) is 7.90. The second-order valence-electron chi connectivity index (χ2n) is 10.5. The van der Waals surface area contributed by atoms with Gasteiger partial charge < -0.3 is 71.2 Å². The van der Waals surface area contributed by atoms with Gasteiger partial charge >= 0.3 is 0 Å². The first kappa shape index (κ1) is 28.4. The summed E-state index contributed by atoms with van der Waals surface area (Å²) in [6, 6.07) is 0. The van der Waals surface area contributed by atoms with Crippen LogP contribution >= 0.6 is 0 Å². The summed E-state index contributed by atoms with van der Waals surface area (Å²) in [6.07, 6.45) is -10.0. The fraction of sp³-hybridized carbons (Fsp3) is 0.636. The highest BCUT2D eigenvalue weighted by molar-refractivity contribution is 5.75. The third kappa shape index (κ3) is 4.39. The Hall–Kier alpha value is -3.76. The number of nitrogen functional groups attached to an aromatic ring is 2. The summed E-state index contributed by atoms with van der Waals surface area (Å²) < 4.78 is 11.3. The molecule has 2 fully saturated rings. The SMILES string of the molecule is Nc1nc2c(c(=O)[nH]1)N(CCN1CN([C@@H]3O[C@H](CO)[C@@H](O)[C@H]3O)c3nc(N)[nH]c(=O)c31)CN2[C@@H]1O[C@H](CO)[C@@H](O)[C@H]1O. The van der Waals surface area contributed by atoms with E-state index >= 15 is 0 Å². The number of fused-ring (bicyclic) bond motifs is 2. The Bertz CT molecular complexity index is 1350. The van der Waals surface area contributed by atoms with E-state index in [-0.39, 0.29) is 61.3 Å². The van der Waals surface area contributed by atoms with Crippen molar-refractivity contribution in [1.29, 1.82) is 0 Å². The van der Waals surface area contributed by atoms with Gasteiger partial charge in [0.05, 0.1) is 26.6 Å². The van der Waals surface area contributed by atoms with Gasteiger partial charge in [-0.1, -0.05) is 0 Å². The zero-order valence-corrected chi connectivity index (χ0v) is 22.0. The van der Waals surface area contributed by atoms with Crippen LogP contribution in [0.25, 0.3) is 0 Å². The summed E-state index contributed by atoms with van der Waals surface area (Å²) in [5.41, 5.74) is 10.6. The monoisotopic (exact) mass is 596 g/mol. The number of aliphatic hydroxyl groups excluding tert-OH is 6. The van der Waals surface area contributed by atoms with Gasteiger partial charge in [0.1, 0.15) is 48.0 Å². The topological polar surface area (TPSA) is 296 Å². The van der Waals surface area contributed by atoms with Crippen molar-refractivity contribution in [3.8, 4) is 0 Å². The van der Waals surface area contributed by atoms with E-state index in [9.17, 15) is 40.2 Å². The predicted molar refractivity (Wildman–Crippen MR) is 143 cm³/mol. The molecule has 8 atom stereocenters. The number of aromatic nitrogens is 4. The molecule has 4 aliphatic heterocycles. The lowest BCUT2D eigenvalue weighted by atomic mass is 10.1. The first-order valence-electron chi connectivity index (χ1n) is 13.1. The van der Waals surface area contributed by atoms with E-state index in [2.05, 4.69) is 19.9 Å². The molecule has 2 saturated heterocycles. The lowest BCUT2D eigenvalue weighted by molar-refractivity contribution is -0.0223. The van der Waals surface area contributed by atoms with Crippen molar-refractivity contribution in [2.45, 2.75) is 49.1 Å². The van der Waals surface area contributed by atoms with Crippen molar-refractivity contribution < 1.29 is 40.1 Å². The van der Waals surface area contributed by atoms with Crippen molar-refractivity contribution in [2.75, 3.05) is 70.7 Å². The maximum absolute atomic E-state index is 13.0. The summed E-state index contributed by atoms with van der Waals surface area (Å²) >= 11 is 0. The first-order chi connectivity index (χ1) is 20.0. The first-order valence-corrected chi connectivity index (χ1v) is 13.1. The molecular formula is C22H32N10O10. The summed E-state index contributed by atoms with van der Waals surface area (Å²) in [4.78, 5) is 45.4. The van der Waals surface area contributed by atoms with Crippen molar-refractivity contribution in [2.24, 2.45) is 0 Å². The minimum atomic E-state index is -1.43. The van der Waals surface area contributed by atoms with E-state index < -0.39 is 73.4 Å². The minimum Gasteiger partial charge on any atom is -0.394 e. The number of hydrogen-bond donors (Lipinski definition) is 10. The number of H-pyrrole nitrogens is 2. The molecular weight excluding hydrogens is 564 g/mol. The van der Waals surface area contributed by atoms with Gasteiger partial charge in [-0.15, -0.1) is 0 Å². The predicted octanol–water partition coefficient (Wildman–Crippen LogP) is -6.24. The number of aliphatic hydroxyl groups is 6. The number of hydrogen-bond acceptors (Lipinski definition) is 18. The number of anilines is 6. The minimum absolute atomic E-state index is 0.0307. The van der Waals surface area contributed by atoms with Crippen LogP contribution < -0.4 is 42.2 Å². The van der Waals surface area contributed by atoms with Crippen LogP contribution in [0.2, 0.25) is 0 Å². The van der Waals surface area contributed by atoms with E-state index in [1.807, 2.05) is 0 Å². The van der Waals surface area contributed by atoms with Crippen molar-refractivity contribution in [3.05, 3.63) is 20.7 Å². The quantitative estimate of drug-likeness (QED) is 0.142. The average molecular weight is 597 g/mol. The molecule has 0 amide bonds. The van der Waals surface area contributed by atoms with Gasteiger partial charge in [-0.3, -0.25) is 19.6 Å². The van der Waals surface area contributed by atoms with Crippen molar-refractivity contribution in [3.63, 3.8) is 0 Å². The molecule has 0 radical (unpaired) electrons. The highest BCUT2D eigenvalue weighted by atomic mass is 16.6. The van der Waals surface area contributed by atoms with Gasteiger partial charge in [-0.05, 0) is 0 Å². The lowest BCUT2D eigenvalue weighted by Gasteiger charge is -2.30. The smallest absolute Gasteiger partial charge is 0.278 e. The second kappa shape index (κ2) is 10.5. The molecule has 4 aliphatic rings. The van der Waals surface area contributed by atoms with E-state index in [0.29, 0.717) is 0 Å². The Morgan fingerprint density at radius 3 is 1.43 bits per heavy atom. The van der Waals surface area contributed by atoms with Crippen LogP contribution in [0, 0.1) is 0 Å². The standard InChI is InChI=1S/C22H32N10O10/c23-21-25-15-9(17(39)27-21)29(5-31(15)19-13(37)11(35)7(3-33)41-19)1-2-30-6-32(16-10(30)18(40)28-22(24)26-16)20-14(38)12(36)8(4-34)42-20/h7-8,11-14,19-20,33-38H,1-6H2,(H3,23,25,27,39)(H3,24,26,28,40)/t7-,8-,11-,12-,13-,14-,19-,20-/m1/s1. The van der Waals surface area contributed by atoms with Gasteiger partial charge in [0.2, 0.25) is 11.9 Å². The van der Waals surface area contributed by atoms with Crippen LogP contribution in [-0.2, 0) is 9.47 Å². The molecule has 2 aromatic heterocycles. The molecule has 6 rings (SSSR count). The van der Waals surface area contributed by atoms with Gasteiger partial charge in [-0.25, -0.2) is 0 Å². The van der Waals surface area contributed by atoms with Crippen molar-refractivity contribution >= 4 is 34.9 Å². The summed E-state index contributed by atoms with van der Waals surface area (Å²) in [5.74, 6) is -0.188. The molecule has 0 aliphatic carbocycles. The zero-order valence-electron chi connectivity index (χ0n) is 22.0. The molecule has 0 bridgehead atoms. The fourth-order valence-electron chi connectivity index (χ4n) is 5.84. The molecule has 6 heterocycles. The number of ether oxygens (including phenoxy) is 2. The fourth-order valence-corrected chi connectivity index (χ4v) is 5.84. The molecule has 12 N–H and O–H groups in total. The van der Waals surface area contributed by atoms with Crippen LogP contribution in [0.1, 0.15) is 0 Å². The Balaban J connectivity index is 1.27. The third-order valence-electron chi connectivity index (χ3n) is 7.90. The maximum atomic E-state index is 13.0. The maximum Gasteiger partial charge on any atom is 0.278 e. The van der Waals surface area contributed by atoms with E-state index in [1.165, 1.54) is 9.80 Å². The Kier molecular flexibility index (Phi) is 7.09. The van der Waals surface area contributed by atoms with E-state index in [0.717, 1.165) is 0 Å². The molecule has 230 valence electrons. The highest BCUT2D eigenvalue weighted by Gasteiger charge is 2.50. The molecule has 0 aromatic carbocycles. The van der Waals surface area contributed by atoms with Crippen LogP contribution in [0.15, 0.2) is 9.59 Å². The molecule has 0 unspecified atom stereocenters. The Morgan fingerprint density at radius 2 is 1.10 bits per heavy atom. The Labute approximate surface area is 235 Å². The second-order valence-corrected chi connectivity index (χ2v) is 10.5. The molecule has 0 saturated carbocycles. The lowest BCUT2D eigenvalue weighted by Crippen LogP contribution is -2.48. The molecule has 42 heavy (non-hydrogen) atoms. The van der Waals surface area contributed by atoms with E-state index in [1.54, 1.807) is 9.80 Å².